The number of amides is 1. The van der Waals surface area contributed by atoms with Crippen molar-refractivity contribution < 1.29 is 35.5 Å². The highest BCUT2D eigenvalue weighted by molar-refractivity contribution is 7.99. The summed E-state index contributed by atoms with van der Waals surface area (Å²) in [5, 5.41) is 1.96. The molecule has 2 aromatic carbocycles. The van der Waals surface area contributed by atoms with Gasteiger partial charge in [-0.2, -0.15) is 38.1 Å². The molecule has 1 unspecified atom stereocenters. The minimum Gasteiger partial charge on any atom is -0.349 e. The third-order valence-electron chi connectivity index (χ3n) is 4.79. The van der Waals surface area contributed by atoms with Gasteiger partial charge in [-0.05, 0) is 55.3 Å². The molecular weight excluding hydrogens is 578 g/mol. The van der Waals surface area contributed by atoms with Gasteiger partial charge in [0.15, 0.2) is 0 Å². The van der Waals surface area contributed by atoms with Crippen LogP contribution >= 0.6 is 46.6 Å². The van der Waals surface area contributed by atoms with Crippen LogP contribution in [0.25, 0.3) is 5.83 Å². The van der Waals surface area contributed by atoms with Crippen molar-refractivity contribution in [2.24, 2.45) is 0 Å². The number of hydrogen-bond acceptors (Lipinski definition) is 2. The summed E-state index contributed by atoms with van der Waals surface area (Å²) < 4.78 is 92.9. The van der Waals surface area contributed by atoms with Crippen LogP contribution in [0.3, 0.4) is 0 Å². The van der Waals surface area contributed by atoms with Crippen LogP contribution < -0.4 is 5.32 Å². The van der Waals surface area contributed by atoms with Gasteiger partial charge in [0.25, 0.3) is 5.91 Å². The Balaban J connectivity index is 2.24. The lowest BCUT2D eigenvalue weighted by atomic mass is 9.95. The highest BCUT2D eigenvalue weighted by Gasteiger charge is 2.40. The Morgan fingerprint density at radius 2 is 1.64 bits per heavy atom. The Bertz CT molecular complexity index is 1110. The molecule has 0 radical (unpaired) electrons. The van der Waals surface area contributed by atoms with Gasteiger partial charge < -0.3 is 5.32 Å². The van der Waals surface area contributed by atoms with Gasteiger partial charge in [-0.3, -0.25) is 4.79 Å². The first-order valence-electron chi connectivity index (χ1n) is 10.1. The summed E-state index contributed by atoms with van der Waals surface area (Å²) in [5.41, 5.74) is -0.270. The van der Waals surface area contributed by atoms with Crippen molar-refractivity contribution in [3.8, 4) is 0 Å². The Labute approximate surface area is 222 Å². The van der Waals surface area contributed by atoms with Crippen LogP contribution in [0.1, 0.15) is 39.9 Å². The second kappa shape index (κ2) is 12.3. The molecule has 0 bridgehead atoms. The number of aryl methyl sites for hydroxylation is 1. The van der Waals surface area contributed by atoms with Crippen molar-refractivity contribution in [2.45, 2.75) is 38.2 Å². The van der Waals surface area contributed by atoms with Gasteiger partial charge in [0, 0.05) is 22.9 Å². The van der Waals surface area contributed by atoms with Gasteiger partial charge in [0.2, 0.25) is 0 Å². The topological polar surface area (TPSA) is 29.1 Å². The largest absolute Gasteiger partial charge is 0.399 e. The first kappa shape index (κ1) is 30.6. The molecule has 0 aliphatic heterocycles. The second-order valence-corrected chi connectivity index (χ2v) is 10.1. The Kier molecular flexibility index (Phi) is 10.4. The molecule has 0 aromatic heterocycles. The third kappa shape index (κ3) is 8.75. The van der Waals surface area contributed by atoms with E-state index >= 15 is 0 Å². The maximum atomic E-state index is 14.9. The number of carbonyl (C=O) groups is 1. The average molecular weight is 597 g/mol. The van der Waals surface area contributed by atoms with Crippen LogP contribution in [0.4, 0.5) is 30.7 Å². The highest BCUT2D eigenvalue weighted by atomic mass is 35.5. The molecule has 198 valence electrons. The van der Waals surface area contributed by atoms with Crippen LogP contribution in [0, 0.1) is 6.92 Å². The van der Waals surface area contributed by atoms with E-state index in [1.54, 1.807) is 0 Å². The fraction of sp³-hybridized carbons (Fsp3) is 0.348. The van der Waals surface area contributed by atoms with E-state index in [0.717, 1.165) is 18.2 Å². The van der Waals surface area contributed by atoms with Crippen LogP contribution in [-0.4, -0.2) is 35.8 Å². The molecule has 0 aliphatic rings. The van der Waals surface area contributed by atoms with E-state index in [2.05, 4.69) is 5.32 Å². The summed E-state index contributed by atoms with van der Waals surface area (Å²) in [4.78, 5) is 12.5. The van der Waals surface area contributed by atoms with E-state index < -0.39 is 47.4 Å². The number of nitrogens with one attached hydrogen (secondary N) is 1. The van der Waals surface area contributed by atoms with Gasteiger partial charge >= 0.3 is 12.4 Å². The fourth-order valence-corrected chi connectivity index (χ4v) is 4.54. The van der Waals surface area contributed by atoms with Crippen molar-refractivity contribution in [3.05, 3.63) is 73.7 Å². The molecule has 1 N–H and O–H groups in total. The predicted octanol–water partition coefficient (Wildman–Crippen LogP) is 9.03. The first-order valence-corrected chi connectivity index (χ1v) is 12.4. The number of hydrogen-bond donors (Lipinski definition) is 1. The smallest absolute Gasteiger partial charge is 0.349 e. The van der Waals surface area contributed by atoms with E-state index in [1.165, 1.54) is 26.0 Å². The van der Waals surface area contributed by atoms with E-state index in [-0.39, 0.29) is 37.5 Å². The first-order chi connectivity index (χ1) is 16.5. The van der Waals surface area contributed by atoms with Crippen molar-refractivity contribution in [1.82, 2.24) is 5.32 Å². The molecule has 36 heavy (non-hydrogen) atoms. The lowest BCUT2D eigenvalue weighted by Crippen LogP contribution is -2.35. The number of alkyl halides is 6. The van der Waals surface area contributed by atoms with Gasteiger partial charge in [0.1, 0.15) is 11.7 Å². The van der Waals surface area contributed by atoms with Crippen LogP contribution in [0.15, 0.2) is 36.4 Å². The summed E-state index contributed by atoms with van der Waals surface area (Å²) in [6.07, 6.45) is -8.84. The molecule has 0 aliphatic carbocycles. The zero-order valence-corrected chi connectivity index (χ0v) is 21.7. The number of halogens is 10. The Hall–Kier alpha value is -1.62. The van der Waals surface area contributed by atoms with Crippen molar-refractivity contribution >= 4 is 58.3 Å². The Morgan fingerprint density at radius 3 is 2.14 bits per heavy atom. The highest BCUT2D eigenvalue weighted by Crippen LogP contribution is 2.42. The van der Waals surface area contributed by atoms with Crippen molar-refractivity contribution in [2.75, 3.05) is 11.5 Å². The Morgan fingerprint density at radius 1 is 1.06 bits per heavy atom. The van der Waals surface area contributed by atoms with E-state index in [0.29, 0.717) is 17.8 Å². The number of rotatable bonds is 8. The van der Waals surface area contributed by atoms with Crippen LogP contribution in [0.2, 0.25) is 15.1 Å². The summed E-state index contributed by atoms with van der Waals surface area (Å²) in [5.74, 6) is -5.24. The number of thioether (sulfide) groups is 1. The van der Waals surface area contributed by atoms with Crippen molar-refractivity contribution in [1.29, 1.82) is 0 Å². The molecule has 0 fully saturated rings. The molecule has 0 saturated heterocycles. The molecule has 0 heterocycles. The van der Waals surface area contributed by atoms with Gasteiger partial charge in [0.05, 0.1) is 20.8 Å². The van der Waals surface area contributed by atoms with E-state index in [4.69, 9.17) is 34.8 Å². The van der Waals surface area contributed by atoms with E-state index in [1.807, 2.05) is 0 Å². The lowest BCUT2D eigenvalue weighted by Gasteiger charge is -2.19. The van der Waals surface area contributed by atoms with Crippen molar-refractivity contribution in [3.63, 3.8) is 0 Å². The fourth-order valence-electron chi connectivity index (χ4n) is 3.14. The molecule has 2 aromatic rings. The summed E-state index contributed by atoms with van der Waals surface area (Å²) >= 11 is 18.1. The SMILES string of the molecule is Cc1cc(/C(F)=C/C(c2cc(Cl)c(Cl)c(Cl)c2)C(F)(F)F)ccc1C(=O)N[C@H](C)CSCC(F)(F)F. The quantitative estimate of drug-likeness (QED) is 0.243. The number of allylic oxidation sites excluding steroid dienone is 1. The zero-order valence-electron chi connectivity index (χ0n) is 18.6. The molecule has 13 heteroatoms. The maximum Gasteiger partial charge on any atom is 0.399 e. The summed E-state index contributed by atoms with van der Waals surface area (Å²) in [7, 11) is 0. The van der Waals surface area contributed by atoms with Crippen LogP contribution in [0.5, 0.6) is 0 Å². The minimum atomic E-state index is -4.88. The van der Waals surface area contributed by atoms with Gasteiger partial charge in [-0.1, -0.05) is 40.9 Å². The molecule has 0 saturated carbocycles. The second-order valence-electron chi connectivity index (χ2n) is 7.87. The van der Waals surface area contributed by atoms with Gasteiger partial charge in [-0.15, -0.1) is 0 Å². The normalized spacial score (nSPS) is 14.5. The molecule has 2 rings (SSSR count). The molecule has 2 nitrogen and oxygen atoms in total. The average Bonchev–Trinajstić information content (AvgIpc) is 2.73. The lowest BCUT2D eigenvalue weighted by molar-refractivity contribution is -0.139. The zero-order chi connectivity index (χ0) is 27.4. The summed E-state index contributed by atoms with van der Waals surface area (Å²) in [6.45, 7) is 2.98. The van der Waals surface area contributed by atoms with Crippen LogP contribution in [-0.2, 0) is 0 Å². The third-order valence-corrected chi connectivity index (χ3v) is 7.25. The van der Waals surface area contributed by atoms with Gasteiger partial charge in [-0.25, -0.2) is 4.39 Å². The molecular formula is C23H19Cl3F7NOS. The standard InChI is InChI=1S/C23H19Cl3F7NOS/c1-11-5-13(3-4-15(11)21(35)34-12(2)9-36-10-22(28,29)30)19(27)8-16(23(31,32)33)14-6-17(24)20(26)18(25)7-14/h3-8,12,16H,9-10H2,1-2H3,(H,34,35)/b19-8-/t12-,16?/m1/s1. The number of carbonyl (C=O) groups excluding carboxylic acids is 1. The minimum absolute atomic E-state index is 0.0112. The molecule has 2 atom stereocenters. The predicted molar refractivity (Wildman–Crippen MR) is 131 cm³/mol. The monoisotopic (exact) mass is 595 g/mol. The van der Waals surface area contributed by atoms with E-state index in [9.17, 15) is 35.5 Å². The number of benzene rings is 2. The maximum absolute atomic E-state index is 14.9. The molecule has 1 amide bonds. The summed E-state index contributed by atoms with van der Waals surface area (Å²) in [6, 6.07) is 4.85. The molecule has 0 spiro atoms.